The largest absolute Gasteiger partial charge is 0.368 e. The normalized spacial score (nSPS) is 15.6. The van der Waals surface area contributed by atoms with E-state index >= 15 is 0 Å². The Labute approximate surface area is 140 Å². The molecule has 4 amide bonds. The van der Waals surface area contributed by atoms with Gasteiger partial charge in [-0.1, -0.05) is 13.8 Å². The van der Waals surface area contributed by atoms with Crippen molar-refractivity contribution in [1.82, 2.24) is 9.96 Å². The quantitative estimate of drug-likeness (QED) is 0.606. The van der Waals surface area contributed by atoms with E-state index in [1.165, 1.54) is 11.9 Å². The molecule has 0 aliphatic carbocycles. The lowest BCUT2D eigenvalue weighted by Gasteiger charge is -2.28. The number of carbonyl (C=O) groups is 5. The van der Waals surface area contributed by atoms with Crippen LogP contribution >= 0.6 is 0 Å². The minimum absolute atomic E-state index is 0.0179. The first kappa shape index (κ1) is 19.6. The number of hydrogen-bond donors (Lipinski definition) is 1. The van der Waals surface area contributed by atoms with E-state index < -0.39 is 29.7 Å². The van der Waals surface area contributed by atoms with E-state index in [1.54, 1.807) is 13.8 Å². The van der Waals surface area contributed by atoms with Crippen molar-refractivity contribution in [1.29, 1.82) is 0 Å². The van der Waals surface area contributed by atoms with Crippen LogP contribution < -0.4 is 5.73 Å². The molecule has 0 aromatic heterocycles. The lowest BCUT2D eigenvalue weighted by molar-refractivity contribution is -0.197. The van der Waals surface area contributed by atoms with Crippen molar-refractivity contribution in [3.05, 3.63) is 0 Å². The summed E-state index contributed by atoms with van der Waals surface area (Å²) in [5, 5.41) is 0.470. The molecule has 1 unspecified atom stereocenters. The molecule has 0 radical (unpaired) electrons. The zero-order chi connectivity index (χ0) is 18.4. The SMILES string of the molecule is CC(C)C(C(N)=O)N(C)C(=O)CCCC(=O)ON1C(=O)CCC1=O. The number of hydrogen-bond acceptors (Lipinski definition) is 6. The third-order valence-corrected chi connectivity index (χ3v) is 3.70. The molecule has 2 N–H and O–H groups in total. The van der Waals surface area contributed by atoms with E-state index in [0.29, 0.717) is 5.06 Å². The van der Waals surface area contributed by atoms with Crippen molar-refractivity contribution >= 4 is 29.6 Å². The van der Waals surface area contributed by atoms with Crippen molar-refractivity contribution in [3.63, 3.8) is 0 Å². The third kappa shape index (κ3) is 5.04. The maximum Gasteiger partial charge on any atom is 0.333 e. The molecule has 1 fully saturated rings. The number of nitrogens with two attached hydrogens (primary N) is 1. The molecule has 0 bridgehead atoms. The van der Waals surface area contributed by atoms with Gasteiger partial charge in [-0.25, -0.2) is 4.79 Å². The van der Waals surface area contributed by atoms with Crippen molar-refractivity contribution < 1.29 is 28.8 Å². The molecule has 1 heterocycles. The summed E-state index contributed by atoms with van der Waals surface area (Å²) in [4.78, 5) is 63.7. The van der Waals surface area contributed by atoms with Crippen LogP contribution in [-0.2, 0) is 28.8 Å². The Balaban J connectivity index is 2.42. The summed E-state index contributed by atoms with van der Waals surface area (Å²) in [6.07, 6.45) is 0.115. The highest BCUT2D eigenvalue weighted by Crippen LogP contribution is 2.14. The Morgan fingerprint density at radius 1 is 1.17 bits per heavy atom. The standard InChI is InChI=1S/C15H23N3O6/c1-9(2)14(15(16)23)17(3)10(19)5-4-6-13(22)24-18-11(20)7-8-12(18)21/h9,14H,4-8H2,1-3H3,(H2,16,23). The molecule has 1 aliphatic rings. The van der Waals surface area contributed by atoms with Gasteiger partial charge >= 0.3 is 5.97 Å². The molecule has 1 rings (SSSR count). The topological polar surface area (TPSA) is 127 Å². The number of imide groups is 1. The zero-order valence-corrected chi connectivity index (χ0v) is 14.1. The minimum Gasteiger partial charge on any atom is -0.368 e. The molecule has 0 aromatic rings. The molecular formula is C15H23N3O6. The van der Waals surface area contributed by atoms with Crippen LogP contribution in [0.3, 0.4) is 0 Å². The van der Waals surface area contributed by atoms with E-state index in [-0.39, 0.29) is 43.9 Å². The highest BCUT2D eigenvalue weighted by molar-refractivity contribution is 6.01. The van der Waals surface area contributed by atoms with E-state index in [9.17, 15) is 24.0 Å². The van der Waals surface area contributed by atoms with Crippen LogP contribution in [0.5, 0.6) is 0 Å². The van der Waals surface area contributed by atoms with Crippen LogP contribution in [0, 0.1) is 5.92 Å². The van der Waals surface area contributed by atoms with Gasteiger partial charge in [-0.3, -0.25) is 19.2 Å². The summed E-state index contributed by atoms with van der Waals surface area (Å²) in [6, 6.07) is -0.718. The average molecular weight is 341 g/mol. The molecule has 1 aliphatic heterocycles. The highest BCUT2D eigenvalue weighted by Gasteiger charge is 2.33. The number of primary amides is 1. The molecule has 0 saturated carbocycles. The molecule has 0 aromatic carbocycles. The van der Waals surface area contributed by atoms with Crippen LogP contribution in [0.25, 0.3) is 0 Å². The van der Waals surface area contributed by atoms with E-state index in [0.717, 1.165) is 0 Å². The first-order valence-electron chi connectivity index (χ1n) is 7.76. The van der Waals surface area contributed by atoms with Gasteiger partial charge in [0, 0.05) is 32.7 Å². The van der Waals surface area contributed by atoms with Gasteiger partial charge in [0.1, 0.15) is 6.04 Å². The number of hydroxylamine groups is 2. The molecule has 134 valence electrons. The number of rotatable bonds is 8. The van der Waals surface area contributed by atoms with Gasteiger partial charge in [0.15, 0.2) is 0 Å². The van der Waals surface area contributed by atoms with Crippen LogP contribution in [0.4, 0.5) is 0 Å². The van der Waals surface area contributed by atoms with Crippen molar-refractivity contribution in [2.75, 3.05) is 7.05 Å². The average Bonchev–Trinajstić information content (AvgIpc) is 2.78. The number of nitrogens with zero attached hydrogens (tertiary/aromatic N) is 2. The minimum atomic E-state index is -0.760. The maximum atomic E-state index is 12.1. The second kappa shape index (κ2) is 8.42. The summed E-state index contributed by atoms with van der Waals surface area (Å²) in [5.41, 5.74) is 5.29. The summed E-state index contributed by atoms with van der Waals surface area (Å²) in [7, 11) is 1.48. The predicted octanol–water partition coefficient (Wildman–Crippen LogP) is -0.268. The second-order valence-corrected chi connectivity index (χ2v) is 5.99. The highest BCUT2D eigenvalue weighted by atomic mass is 16.7. The lowest BCUT2D eigenvalue weighted by atomic mass is 10.0. The fourth-order valence-corrected chi connectivity index (χ4v) is 2.49. The smallest absolute Gasteiger partial charge is 0.333 e. The Kier molecular flexibility index (Phi) is 6.87. The van der Waals surface area contributed by atoms with Gasteiger partial charge in [-0.05, 0) is 12.3 Å². The molecular weight excluding hydrogens is 318 g/mol. The Morgan fingerprint density at radius 2 is 1.71 bits per heavy atom. The van der Waals surface area contributed by atoms with Gasteiger partial charge < -0.3 is 15.5 Å². The maximum absolute atomic E-state index is 12.1. The number of likely N-dealkylation sites (N-methyl/N-ethyl adjacent to an activating group) is 1. The predicted molar refractivity (Wildman–Crippen MR) is 81.6 cm³/mol. The molecule has 0 spiro atoms. The first-order chi connectivity index (χ1) is 11.1. The summed E-state index contributed by atoms with van der Waals surface area (Å²) in [6.45, 7) is 3.56. The Morgan fingerprint density at radius 3 is 2.17 bits per heavy atom. The molecule has 24 heavy (non-hydrogen) atoms. The van der Waals surface area contributed by atoms with Crippen LogP contribution in [0.2, 0.25) is 0 Å². The van der Waals surface area contributed by atoms with Crippen LogP contribution in [-0.4, -0.2) is 52.7 Å². The number of amides is 4. The Hall–Kier alpha value is -2.45. The fourth-order valence-electron chi connectivity index (χ4n) is 2.49. The van der Waals surface area contributed by atoms with Crippen molar-refractivity contribution in [3.8, 4) is 0 Å². The summed E-state index contributed by atoms with van der Waals surface area (Å²) >= 11 is 0. The monoisotopic (exact) mass is 341 g/mol. The van der Waals surface area contributed by atoms with E-state index in [1.807, 2.05) is 0 Å². The second-order valence-electron chi connectivity index (χ2n) is 5.99. The van der Waals surface area contributed by atoms with Gasteiger partial charge in [0.2, 0.25) is 11.8 Å². The zero-order valence-electron chi connectivity index (χ0n) is 14.1. The number of carbonyl (C=O) groups excluding carboxylic acids is 5. The molecule has 1 atom stereocenters. The molecule has 9 heteroatoms. The van der Waals surface area contributed by atoms with Crippen LogP contribution in [0.15, 0.2) is 0 Å². The van der Waals surface area contributed by atoms with Crippen molar-refractivity contribution in [2.45, 2.75) is 52.0 Å². The first-order valence-corrected chi connectivity index (χ1v) is 7.76. The third-order valence-electron chi connectivity index (χ3n) is 3.70. The van der Waals surface area contributed by atoms with Gasteiger partial charge in [-0.2, -0.15) is 0 Å². The lowest BCUT2D eigenvalue weighted by Crippen LogP contribution is -2.48. The van der Waals surface area contributed by atoms with E-state index in [4.69, 9.17) is 10.6 Å². The summed E-state index contributed by atoms with van der Waals surface area (Å²) in [5.74, 6) is -2.91. The van der Waals surface area contributed by atoms with E-state index in [2.05, 4.69) is 0 Å². The Bertz CT molecular complexity index is 529. The van der Waals surface area contributed by atoms with Crippen LogP contribution in [0.1, 0.15) is 46.0 Å². The molecule has 1 saturated heterocycles. The van der Waals surface area contributed by atoms with Crippen molar-refractivity contribution in [2.24, 2.45) is 11.7 Å². The van der Waals surface area contributed by atoms with Gasteiger partial charge in [-0.15, -0.1) is 5.06 Å². The fraction of sp³-hybridized carbons (Fsp3) is 0.667. The molecule has 9 nitrogen and oxygen atoms in total. The van der Waals surface area contributed by atoms with Gasteiger partial charge in [0.05, 0.1) is 0 Å². The van der Waals surface area contributed by atoms with Gasteiger partial charge in [0.25, 0.3) is 11.8 Å². The summed E-state index contributed by atoms with van der Waals surface area (Å²) < 4.78 is 0.